The van der Waals surface area contributed by atoms with E-state index >= 15 is 0 Å². The first-order valence-corrected chi connectivity index (χ1v) is 5.19. The average Bonchev–Trinajstić information content (AvgIpc) is 3.13. The highest BCUT2D eigenvalue weighted by molar-refractivity contribution is 5.51. The minimum absolute atomic E-state index is 0.302. The molecule has 0 bridgehead atoms. The van der Waals surface area contributed by atoms with E-state index in [2.05, 4.69) is 0 Å². The molecule has 2 rings (SSSR count). The Balaban J connectivity index is 2.36. The molecule has 4 nitrogen and oxygen atoms in total. The van der Waals surface area contributed by atoms with E-state index < -0.39 is 0 Å². The number of hydrogen-bond donors (Lipinski definition) is 0. The lowest BCUT2D eigenvalue weighted by molar-refractivity contribution is 0.360. The molecule has 0 amide bonds. The minimum Gasteiger partial charge on any atom is -0.496 e. The molecule has 4 heteroatoms. The van der Waals surface area contributed by atoms with Crippen molar-refractivity contribution in [3.63, 3.8) is 0 Å². The van der Waals surface area contributed by atoms with Crippen molar-refractivity contribution in [3.05, 3.63) is 17.7 Å². The van der Waals surface area contributed by atoms with Gasteiger partial charge < -0.3 is 18.9 Å². The van der Waals surface area contributed by atoms with Crippen LogP contribution in [0.25, 0.3) is 0 Å². The Hall–Kier alpha value is -1.42. The van der Waals surface area contributed by atoms with E-state index in [0.29, 0.717) is 6.10 Å². The first-order chi connectivity index (χ1) is 7.78. The van der Waals surface area contributed by atoms with Crippen LogP contribution in [-0.4, -0.2) is 34.0 Å². The second kappa shape index (κ2) is 4.61. The fraction of sp³-hybridized carbons (Fsp3) is 0.500. The largest absolute Gasteiger partial charge is 0.496 e. The topological polar surface area (TPSA) is 40.2 Å². The van der Waals surface area contributed by atoms with Gasteiger partial charge in [-0.2, -0.15) is 0 Å². The lowest BCUT2D eigenvalue weighted by Crippen LogP contribution is -2.01. The van der Waals surface area contributed by atoms with Crippen LogP contribution < -0.4 is 14.2 Å². The van der Waals surface area contributed by atoms with Crippen LogP contribution in [0.4, 0.5) is 0 Å². The molecule has 88 valence electrons. The van der Waals surface area contributed by atoms with Gasteiger partial charge >= 0.3 is 0 Å². The molecule has 0 aliphatic carbocycles. The van der Waals surface area contributed by atoms with Gasteiger partial charge in [-0.1, -0.05) is 0 Å². The average molecular weight is 224 g/mol. The lowest BCUT2D eigenvalue weighted by Gasteiger charge is -2.14. The molecule has 1 atom stereocenters. The summed E-state index contributed by atoms with van der Waals surface area (Å²) in [5, 5.41) is 0. The van der Waals surface area contributed by atoms with Crippen molar-refractivity contribution in [3.8, 4) is 17.2 Å². The van der Waals surface area contributed by atoms with E-state index in [1.807, 2.05) is 12.1 Å². The molecule has 16 heavy (non-hydrogen) atoms. The van der Waals surface area contributed by atoms with E-state index in [9.17, 15) is 0 Å². The number of hydrogen-bond acceptors (Lipinski definition) is 4. The fourth-order valence-electron chi connectivity index (χ4n) is 1.69. The van der Waals surface area contributed by atoms with Gasteiger partial charge in [0.05, 0.1) is 34.0 Å². The van der Waals surface area contributed by atoms with Crippen LogP contribution in [0.2, 0.25) is 0 Å². The summed E-state index contributed by atoms with van der Waals surface area (Å²) in [7, 11) is 4.91. The molecule has 0 radical (unpaired) electrons. The fourth-order valence-corrected chi connectivity index (χ4v) is 1.69. The Morgan fingerprint density at radius 3 is 2.06 bits per heavy atom. The molecule has 1 heterocycles. The molecule has 1 unspecified atom stereocenters. The third-order valence-corrected chi connectivity index (χ3v) is 2.65. The normalized spacial score (nSPS) is 18.1. The van der Waals surface area contributed by atoms with Crippen molar-refractivity contribution in [2.45, 2.75) is 12.5 Å². The third kappa shape index (κ3) is 2.22. The molecule has 1 aromatic rings. The molecule has 1 aliphatic heterocycles. The highest BCUT2D eigenvalue weighted by Crippen LogP contribution is 2.36. The minimum atomic E-state index is 0.302. The summed E-state index contributed by atoms with van der Waals surface area (Å²) < 4.78 is 21.1. The Labute approximate surface area is 95.1 Å². The van der Waals surface area contributed by atoms with Crippen molar-refractivity contribution in [1.29, 1.82) is 0 Å². The molecule has 1 saturated heterocycles. The second-order valence-electron chi connectivity index (χ2n) is 3.67. The SMILES string of the molecule is COc1cc(OC)c(CC2CO2)c(OC)c1. The van der Waals surface area contributed by atoms with Gasteiger partial charge in [-0.15, -0.1) is 0 Å². The number of methoxy groups -OCH3 is 3. The van der Waals surface area contributed by atoms with Gasteiger partial charge in [-0.05, 0) is 0 Å². The Morgan fingerprint density at radius 1 is 1.12 bits per heavy atom. The van der Waals surface area contributed by atoms with Crippen molar-refractivity contribution >= 4 is 0 Å². The maximum absolute atomic E-state index is 5.34. The monoisotopic (exact) mass is 224 g/mol. The van der Waals surface area contributed by atoms with E-state index in [1.165, 1.54) is 0 Å². The summed E-state index contributed by atoms with van der Waals surface area (Å²) in [6.45, 7) is 0.818. The van der Waals surface area contributed by atoms with Crippen LogP contribution in [0.3, 0.4) is 0 Å². The summed E-state index contributed by atoms with van der Waals surface area (Å²) in [4.78, 5) is 0. The molecular formula is C12H16O4. The molecule has 0 saturated carbocycles. The van der Waals surface area contributed by atoms with Gasteiger partial charge in [0.15, 0.2) is 0 Å². The van der Waals surface area contributed by atoms with Crippen molar-refractivity contribution in [1.82, 2.24) is 0 Å². The van der Waals surface area contributed by atoms with Crippen LogP contribution >= 0.6 is 0 Å². The first kappa shape index (κ1) is 11.1. The van der Waals surface area contributed by atoms with Gasteiger partial charge in [-0.3, -0.25) is 0 Å². The summed E-state index contributed by atoms with van der Waals surface area (Å²) in [6.07, 6.45) is 1.12. The van der Waals surface area contributed by atoms with Gasteiger partial charge in [0.2, 0.25) is 0 Å². The Bertz CT molecular complexity index is 346. The summed E-state index contributed by atoms with van der Waals surface area (Å²) >= 11 is 0. The van der Waals surface area contributed by atoms with E-state index in [0.717, 1.165) is 35.8 Å². The third-order valence-electron chi connectivity index (χ3n) is 2.65. The molecule has 0 aromatic heterocycles. The van der Waals surface area contributed by atoms with Crippen LogP contribution in [0, 0.1) is 0 Å². The molecule has 1 aliphatic rings. The smallest absolute Gasteiger partial charge is 0.129 e. The molecule has 1 fully saturated rings. The maximum Gasteiger partial charge on any atom is 0.129 e. The standard InChI is InChI=1S/C12H16O4/c1-13-8-5-11(14-2)10(4-9-7-16-9)12(6-8)15-3/h5-6,9H,4,7H2,1-3H3. The number of epoxide rings is 1. The van der Waals surface area contributed by atoms with Gasteiger partial charge in [0.1, 0.15) is 17.2 Å². The van der Waals surface area contributed by atoms with Crippen molar-refractivity contribution < 1.29 is 18.9 Å². The summed E-state index contributed by atoms with van der Waals surface area (Å²) in [5.41, 5.74) is 1.04. The molecule has 1 aromatic carbocycles. The number of rotatable bonds is 5. The predicted octanol–water partition coefficient (Wildman–Crippen LogP) is 1.65. The van der Waals surface area contributed by atoms with Crippen molar-refractivity contribution in [2.75, 3.05) is 27.9 Å². The highest BCUT2D eigenvalue weighted by atomic mass is 16.6. The second-order valence-corrected chi connectivity index (χ2v) is 3.67. The number of ether oxygens (including phenoxy) is 4. The summed E-state index contributed by atoms with van der Waals surface area (Å²) in [6, 6.07) is 3.72. The van der Waals surface area contributed by atoms with Crippen LogP contribution in [0.1, 0.15) is 5.56 Å². The molecular weight excluding hydrogens is 208 g/mol. The number of benzene rings is 1. The van der Waals surface area contributed by atoms with Crippen LogP contribution in [0.5, 0.6) is 17.2 Å². The van der Waals surface area contributed by atoms with Crippen LogP contribution in [0.15, 0.2) is 12.1 Å². The lowest BCUT2D eigenvalue weighted by atomic mass is 10.1. The van der Waals surface area contributed by atoms with Gasteiger partial charge in [0.25, 0.3) is 0 Å². The zero-order chi connectivity index (χ0) is 11.5. The maximum atomic E-state index is 5.34. The predicted molar refractivity (Wildman–Crippen MR) is 59.5 cm³/mol. The van der Waals surface area contributed by atoms with E-state index in [-0.39, 0.29) is 0 Å². The van der Waals surface area contributed by atoms with E-state index in [1.54, 1.807) is 21.3 Å². The Kier molecular flexibility index (Phi) is 3.19. The quantitative estimate of drug-likeness (QED) is 0.713. The van der Waals surface area contributed by atoms with Gasteiger partial charge in [0, 0.05) is 24.1 Å². The summed E-state index contributed by atoms with van der Waals surface area (Å²) in [5.74, 6) is 2.30. The van der Waals surface area contributed by atoms with E-state index in [4.69, 9.17) is 18.9 Å². The molecule has 0 spiro atoms. The van der Waals surface area contributed by atoms with Crippen molar-refractivity contribution in [2.24, 2.45) is 0 Å². The Morgan fingerprint density at radius 2 is 1.69 bits per heavy atom. The zero-order valence-corrected chi connectivity index (χ0v) is 9.78. The first-order valence-electron chi connectivity index (χ1n) is 5.19. The van der Waals surface area contributed by atoms with Gasteiger partial charge in [-0.25, -0.2) is 0 Å². The zero-order valence-electron chi connectivity index (χ0n) is 9.78. The highest BCUT2D eigenvalue weighted by Gasteiger charge is 2.26. The molecule has 0 N–H and O–H groups in total. The van der Waals surface area contributed by atoms with Crippen LogP contribution in [-0.2, 0) is 11.2 Å².